The Kier molecular flexibility index (Phi) is 4.84. The van der Waals surface area contributed by atoms with E-state index in [2.05, 4.69) is 9.88 Å². The second-order valence-electron chi connectivity index (χ2n) is 5.42. The summed E-state index contributed by atoms with van der Waals surface area (Å²) in [6.45, 7) is 4.73. The number of ether oxygens (including phenoxy) is 2. The minimum absolute atomic E-state index is 0.0342. The van der Waals surface area contributed by atoms with Crippen molar-refractivity contribution < 1.29 is 14.3 Å². The number of likely N-dealkylation sites (tertiary alicyclic amines) is 1. The lowest BCUT2D eigenvalue weighted by atomic mass is 9.98. The highest BCUT2D eigenvalue weighted by atomic mass is 32.1. The number of hydrogen-bond donors (Lipinski definition) is 0. The number of morpholine rings is 1. The molecule has 0 spiro atoms. The average molecular weight is 311 g/mol. The maximum Gasteiger partial charge on any atom is 0.273 e. The lowest BCUT2D eigenvalue weighted by Crippen LogP contribution is -2.61. The summed E-state index contributed by atoms with van der Waals surface area (Å²) >= 11 is 1.46. The number of piperidine rings is 1. The van der Waals surface area contributed by atoms with Crippen LogP contribution >= 0.6 is 11.3 Å². The van der Waals surface area contributed by atoms with E-state index >= 15 is 0 Å². The second-order valence-corrected chi connectivity index (χ2v) is 6.14. The van der Waals surface area contributed by atoms with Crippen LogP contribution in [0, 0.1) is 0 Å². The van der Waals surface area contributed by atoms with Crippen LogP contribution in [0.3, 0.4) is 0 Å². The minimum atomic E-state index is 0.0342. The highest BCUT2D eigenvalue weighted by Gasteiger charge is 2.38. The quantitative estimate of drug-likeness (QED) is 0.819. The first-order valence-corrected chi connectivity index (χ1v) is 8.26. The van der Waals surface area contributed by atoms with Crippen molar-refractivity contribution in [2.45, 2.75) is 18.6 Å². The van der Waals surface area contributed by atoms with Gasteiger partial charge in [0.1, 0.15) is 5.69 Å². The van der Waals surface area contributed by atoms with Crippen molar-refractivity contribution in [3.63, 3.8) is 0 Å². The predicted molar refractivity (Wildman–Crippen MR) is 79.6 cm³/mol. The van der Waals surface area contributed by atoms with Gasteiger partial charge >= 0.3 is 0 Å². The molecular weight excluding hydrogens is 290 g/mol. The third kappa shape index (κ3) is 3.26. The van der Waals surface area contributed by atoms with E-state index in [1.165, 1.54) is 11.3 Å². The first kappa shape index (κ1) is 14.9. The van der Waals surface area contributed by atoms with Crippen molar-refractivity contribution >= 4 is 17.2 Å². The van der Waals surface area contributed by atoms with Crippen molar-refractivity contribution in [2.24, 2.45) is 0 Å². The van der Waals surface area contributed by atoms with E-state index < -0.39 is 0 Å². The minimum Gasteiger partial charge on any atom is -0.383 e. The average Bonchev–Trinajstić information content (AvgIpc) is 3.06. The fourth-order valence-corrected chi connectivity index (χ4v) is 3.62. The molecule has 7 heteroatoms. The van der Waals surface area contributed by atoms with Crippen LogP contribution in [0.15, 0.2) is 10.9 Å². The lowest BCUT2D eigenvalue weighted by molar-refractivity contribution is -0.101. The molecule has 0 unspecified atom stereocenters. The zero-order valence-electron chi connectivity index (χ0n) is 12.2. The molecule has 2 fully saturated rings. The molecule has 2 aliphatic heterocycles. The van der Waals surface area contributed by atoms with Crippen LogP contribution in [0.5, 0.6) is 0 Å². The topological polar surface area (TPSA) is 54.9 Å². The Bertz CT molecular complexity index is 468. The zero-order valence-corrected chi connectivity index (χ0v) is 13.1. The van der Waals surface area contributed by atoms with E-state index in [4.69, 9.17) is 9.47 Å². The highest BCUT2D eigenvalue weighted by Crippen LogP contribution is 2.24. The van der Waals surface area contributed by atoms with Gasteiger partial charge in [-0.2, -0.15) is 0 Å². The third-order valence-corrected chi connectivity index (χ3v) is 4.81. The number of carbonyl (C=O) groups excluding carboxylic acids is 1. The molecule has 3 heterocycles. The molecule has 1 aromatic rings. The van der Waals surface area contributed by atoms with Gasteiger partial charge in [-0.3, -0.25) is 9.69 Å². The molecule has 6 nitrogen and oxygen atoms in total. The molecule has 0 bridgehead atoms. The molecule has 0 aromatic carbocycles. The molecule has 1 aromatic heterocycles. The molecule has 1 amide bonds. The summed E-state index contributed by atoms with van der Waals surface area (Å²) in [7, 11) is 1.72. The van der Waals surface area contributed by atoms with Gasteiger partial charge < -0.3 is 14.4 Å². The van der Waals surface area contributed by atoms with E-state index in [-0.39, 0.29) is 18.1 Å². The second kappa shape index (κ2) is 6.83. The Morgan fingerprint density at radius 1 is 1.57 bits per heavy atom. The summed E-state index contributed by atoms with van der Waals surface area (Å²) in [5.41, 5.74) is 2.26. The van der Waals surface area contributed by atoms with Crippen molar-refractivity contribution in [3.8, 4) is 0 Å². The summed E-state index contributed by atoms with van der Waals surface area (Å²) < 4.78 is 11.1. The molecular formula is C14H21N3O3S. The fraction of sp³-hybridized carbons (Fsp3) is 0.714. The molecule has 0 saturated carbocycles. The van der Waals surface area contributed by atoms with Crippen LogP contribution in [0.25, 0.3) is 0 Å². The van der Waals surface area contributed by atoms with Gasteiger partial charge in [0.05, 0.1) is 30.9 Å². The van der Waals surface area contributed by atoms with Crippen LogP contribution < -0.4 is 0 Å². The molecule has 0 N–H and O–H groups in total. The number of nitrogens with zero attached hydrogens (tertiary/aromatic N) is 3. The molecule has 3 rings (SSSR count). The van der Waals surface area contributed by atoms with Gasteiger partial charge in [-0.25, -0.2) is 4.98 Å². The van der Waals surface area contributed by atoms with Crippen LogP contribution in [-0.2, 0) is 9.47 Å². The van der Waals surface area contributed by atoms with Crippen LogP contribution in [0.2, 0.25) is 0 Å². The molecule has 2 atom stereocenters. The van der Waals surface area contributed by atoms with Crippen molar-refractivity contribution in [2.75, 3.05) is 46.5 Å². The first-order chi connectivity index (χ1) is 10.3. The number of rotatable bonds is 4. The van der Waals surface area contributed by atoms with Gasteiger partial charge in [-0.1, -0.05) is 0 Å². The Labute approximate surface area is 128 Å². The molecule has 2 saturated heterocycles. The number of hydrogen-bond acceptors (Lipinski definition) is 6. The van der Waals surface area contributed by atoms with Gasteiger partial charge in [-0.05, 0) is 6.42 Å². The lowest BCUT2D eigenvalue weighted by Gasteiger charge is -2.46. The standard InChI is InChI=1S/C14H21N3O3S/c1-19-6-4-16-5-7-20-13-2-3-17(8-12(13)16)14(18)11-9-21-10-15-11/h9-10,12-13H,2-8H2,1H3/t12-,13-/m0/s1. The maximum atomic E-state index is 12.4. The smallest absolute Gasteiger partial charge is 0.273 e. The zero-order chi connectivity index (χ0) is 14.7. The number of fused-ring (bicyclic) bond motifs is 1. The monoisotopic (exact) mass is 311 g/mol. The number of carbonyl (C=O) groups is 1. The Morgan fingerprint density at radius 3 is 3.24 bits per heavy atom. The molecule has 21 heavy (non-hydrogen) atoms. The van der Waals surface area contributed by atoms with Gasteiger partial charge in [0, 0.05) is 38.7 Å². The number of aromatic nitrogens is 1. The Balaban J connectivity index is 1.66. The van der Waals surface area contributed by atoms with E-state index in [0.29, 0.717) is 18.8 Å². The first-order valence-electron chi connectivity index (χ1n) is 7.31. The summed E-state index contributed by atoms with van der Waals surface area (Å²) in [6.07, 6.45) is 1.12. The van der Waals surface area contributed by atoms with Crippen LogP contribution in [0.4, 0.5) is 0 Å². The van der Waals surface area contributed by atoms with E-state index in [1.54, 1.807) is 12.6 Å². The van der Waals surface area contributed by atoms with Gasteiger partial charge in [0.15, 0.2) is 0 Å². The largest absolute Gasteiger partial charge is 0.383 e. The van der Waals surface area contributed by atoms with Gasteiger partial charge in [0.2, 0.25) is 0 Å². The summed E-state index contributed by atoms with van der Waals surface area (Å²) in [4.78, 5) is 20.9. The number of thiazole rings is 1. The molecule has 0 aliphatic carbocycles. The maximum absolute atomic E-state index is 12.4. The highest BCUT2D eigenvalue weighted by molar-refractivity contribution is 7.07. The van der Waals surface area contributed by atoms with E-state index in [1.807, 2.05) is 10.3 Å². The third-order valence-electron chi connectivity index (χ3n) is 4.22. The Morgan fingerprint density at radius 2 is 2.48 bits per heavy atom. The normalized spacial score (nSPS) is 26.6. The summed E-state index contributed by atoms with van der Waals surface area (Å²) in [5, 5.41) is 1.81. The van der Waals surface area contributed by atoms with Crippen LogP contribution in [0.1, 0.15) is 16.9 Å². The van der Waals surface area contributed by atoms with Crippen molar-refractivity contribution in [1.82, 2.24) is 14.8 Å². The summed E-state index contributed by atoms with van der Waals surface area (Å²) in [5.74, 6) is 0.0342. The predicted octanol–water partition coefficient (Wildman–Crippen LogP) is 0.705. The Hall–Kier alpha value is -1.02. The van der Waals surface area contributed by atoms with Crippen LogP contribution in [-0.4, -0.2) is 79.3 Å². The van der Waals surface area contributed by atoms with Gasteiger partial charge in [0.25, 0.3) is 5.91 Å². The fourth-order valence-electron chi connectivity index (χ4n) is 3.09. The van der Waals surface area contributed by atoms with Gasteiger partial charge in [-0.15, -0.1) is 11.3 Å². The SMILES string of the molecule is COCCN1CCO[C@H]2CCN(C(=O)c3cscn3)C[C@@H]21. The summed E-state index contributed by atoms with van der Waals surface area (Å²) in [6, 6.07) is 0.269. The molecule has 0 radical (unpaired) electrons. The van der Waals surface area contributed by atoms with Crippen molar-refractivity contribution in [1.29, 1.82) is 0 Å². The van der Waals surface area contributed by atoms with E-state index in [9.17, 15) is 4.79 Å². The number of methoxy groups -OCH3 is 1. The molecule has 116 valence electrons. The molecule has 2 aliphatic rings. The van der Waals surface area contributed by atoms with Crippen molar-refractivity contribution in [3.05, 3.63) is 16.6 Å². The number of amides is 1. The van der Waals surface area contributed by atoms with E-state index in [0.717, 1.165) is 32.7 Å².